The lowest BCUT2D eigenvalue weighted by molar-refractivity contribution is 0.235. The van der Waals surface area contributed by atoms with Crippen LogP contribution in [0.15, 0.2) is 0 Å². The molecule has 0 aromatic heterocycles. The van der Waals surface area contributed by atoms with E-state index in [2.05, 4.69) is 33.8 Å². The zero-order valence-corrected chi connectivity index (χ0v) is 12.7. The molecule has 2 aliphatic rings. The molecule has 0 aromatic carbocycles. The van der Waals surface area contributed by atoms with Crippen molar-refractivity contribution in [3.05, 3.63) is 0 Å². The molecule has 2 fully saturated rings. The highest BCUT2D eigenvalue weighted by atomic mass is 32.2. The Morgan fingerprint density at radius 1 is 1.11 bits per heavy atom. The van der Waals surface area contributed by atoms with Crippen molar-refractivity contribution in [2.45, 2.75) is 19.8 Å². The van der Waals surface area contributed by atoms with Crippen LogP contribution in [0.1, 0.15) is 19.8 Å². The van der Waals surface area contributed by atoms with Gasteiger partial charge in [0.05, 0.1) is 0 Å². The van der Waals surface area contributed by atoms with E-state index in [4.69, 9.17) is 0 Å². The summed E-state index contributed by atoms with van der Waals surface area (Å²) < 4.78 is 0. The van der Waals surface area contributed by atoms with Crippen LogP contribution in [-0.2, 0) is 0 Å². The molecule has 0 amide bonds. The van der Waals surface area contributed by atoms with Crippen LogP contribution >= 0.6 is 11.8 Å². The molecule has 0 bridgehead atoms. The smallest absolute Gasteiger partial charge is 0.0110 e. The van der Waals surface area contributed by atoms with Gasteiger partial charge in [0.1, 0.15) is 0 Å². The van der Waals surface area contributed by atoms with Gasteiger partial charge in [0.2, 0.25) is 0 Å². The van der Waals surface area contributed by atoms with E-state index in [1.807, 2.05) is 0 Å². The molecule has 106 valence electrons. The molecule has 3 nitrogen and oxygen atoms in total. The molecule has 18 heavy (non-hydrogen) atoms. The maximum Gasteiger partial charge on any atom is 0.0110 e. The zero-order chi connectivity index (χ0) is 12.6. The van der Waals surface area contributed by atoms with Gasteiger partial charge in [-0.3, -0.25) is 0 Å². The summed E-state index contributed by atoms with van der Waals surface area (Å²) in [5, 5.41) is 3.56. The molecule has 2 aliphatic heterocycles. The van der Waals surface area contributed by atoms with Crippen molar-refractivity contribution in [1.29, 1.82) is 0 Å². The van der Waals surface area contributed by atoms with Crippen molar-refractivity contribution in [1.82, 2.24) is 15.1 Å². The van der Waals surface area contributed by atoms with Crippen molar-refractivity contribution in [2.75, 3.05) is 63.9 Å². The third-order valence-corrected chi connectivity index (χ3v) is 5.01. The molecule has 0 aromatic rings. The molecule has 0 radical (unpaired) electrons. The maximum atomic E-state index is 3.56. The van der Waals surface area contributed by atoms with Gasteiger partial charge in [0, 0.05) is 44.2 Å². The Morgan fingerprint density at radius 2 is 1.89 bits per heavy atom. The summed E-state index contributed by atoms with van der Waals surface area (Å²) >= 11 is 2.10. The van der Waals surface area contributed by atoms with Crippen molar-refractivity contribution in [3.63, 3.8) is 0 Å². The van der Waals surface area contributed by atoms with Crippen LogP contribution < -0.4 is 5.32 Å². The molecule has 2 rings (SSSR count). The Labute approximate surface area is 117 Å². The predicted molar refractivity (Wildman–Crippen MR) is 81.5 cm³/mol. The summed E-state index contributed by atoms with van der Waals surface area (Å²) in [4.78, 5) is 5.30. The van der Waals surface area contributed by atoms with Crippen molar-refractivity contribution < 1.29 is 0 Å². The van der Waals surface area contributed by atoms with E-state index in [-0.39, 0.29) is 0 Å². The third-order valence-electron chi connectivity index (χ3n) is 4.07. The summed E-state index contributed by atoms with van der Waals surface area (Å²) in [7, 11) is 0. The number of likely N-dealkylation sites (tertiary alicyclic amines) is 1. The normalized spacial score (nSPS) is 26.8. The van der Waals surface area contributed by atoms with Crippen molar-refractivity contribution in [3.8, 4) is 0 Å². The van der Waals surface area contributed by atoms with E-state index in [9.17, 15) is 0 Å². The zero-order valence-electron chi connectivity index (χ0n) is 11.9. The largest absolute Gasteiger partial charge is 0.316 e. The average molecular weight is 271 g/mol. The average Bonchev–Trinajstić information content (AvgIpc) is 2.86. The maximum absolute atomic E-state index is 3.56. The Bertz CT molecular complexity index is 219. The lowest BCUT2D eigenvalue weighted by atomic mass is 10.1. The highest BCUT2D eigenvalue weighted by Gasteiger charge is 2.22. The predicted octanol–water partition coefficient (Wildman–Crippen LogP) is 1.36. The van der Waals surface area contributed by atoms with E-state index in [1.54, 1.807) is 0 Å². The molecule has 0 spiro atoms. The fourth-order valence-corrected chi connectivity index (χ4v) is 3.85. The molecule has 1 N–H and O–H groups in total. The van der Waals surface area contributed by atoms with Crippen molar-refractivity contribution in [2.24, 2.45) is 5.92 Å². The summed E-state index contributed by atoms with van der Waals surface area (Å²) in [6, 6.07) is 0. The van der Waals surface area contributed by atoms with Gasteiger partial charge >= 0.3 is 0 Å². The molecule has 1 atom stereocenters. The van der Waals surface area contributed by atoms with Gasteiger partial charge in [0.25, 0.3) is 0 Å². The molecular weight excluding hydrogens is 242 g/mol. The molecule has 4 heteroatoms. The lowest BCUT2D eigenvalue weighted by Gasteiger charge is -2.28. The number of hydrogen-bond acceptors (Lipinski definition) is 4. The topological polar surface area (TPSA) is 18.5 Å². The summed E-state index contributed by atoms with van der Waals surface area (Å²) in [5.74, 6) is 3.57. The Kier molecular flexibility index (Phi) is 6.84. The van der Waals surface area contributed by atoms with E-state index in [1.165, 1.54) is 76.7 Å². The van der Waals surface area contributed by atoms with Crippen LogP contribution in [0.2, 0.25) is 0 Å². The fraction of sp³-hybridized carbons (Fsp3) is 1.00. The van der Waals surface area contributed by atoms with Crippen LogP contribution in [0.5, 0.6) is 0 Å². The monoisotopic (exact) mass is 271 g/mol. The number of rotatable bonds is 7. The summed E-state index contributed by atoms with van der Waals surface area (Å²) in [6.45, 7) is 12.5. The standard InChI is InChI=1S/C14H29N3S/c1-2-4-15-12-14-3-5-17(13-14)7-6-16-8-10-18-11-9-16/h14-15H,2-13H2,1H3. The number of nitrogens with zero attached hydrogens (tertiary/aromatic N) is 2. The van der Waals surface area contributed by atoms with Crippen LogP contribution in [0, 0.1) is 5.92 Å². The van der Waals surface area contributed by atoms with E-state index in [0.717, 1.165) is 5.92 Å². The summed E-state index contributed by atoms with van der Waals surface area (Å²) in [5.41, 5.74) is 0. The molecule has 2 saturated heterocycles. The van der Waals surface area contributed by atoms with E-state index in [0.29, 0.717) is 0 Å². The first-order valence-corrected chi connectivity index (χ1v) is 8.77. The van der Waals surface area contributed by atoms with Crippen LogP contribution in [0.25, 0.3) is 0 Å². The number of nitrogens with one attached hydrogen (secondary N) is 1. The van der Waals surface area contributed by atoms with E-state index < -0.39 is 0 Å². The fourth-order valence-electron chi connectivity index (χ4n) is 2.87. The second-order valence-electron chi connectivity index (χ2n) is 5.61. The molecule has 1 unspecified atom stereocenters. The molecular formula is C14H29N3S. The molecule has 0 aliphatic carbocycles. The van der Waals surface area contributed by atoms with Crippen LogP contribution in [-0.4, -0.2) is 73.7 Å². The van der Waals surface area contributed by atoms with Crippen molar-refractivity contribution >= 4 is 11.8 Å². The highest BCUT2D eigenvalue weighted by molar-refractivity contribution is 7.99. The first-order chi connectivity index (χ1) is 8.88. The van der Waals surface area contributed by atoms with Crippen LogP contribution in [0.4, 0.5) is 0 Å². The number of hydrogen-bond donors (Lipinski definition) is 1. The van der Waals surface area contributed by atoms with Gasteiger partial charge in [-0.2, -0.15) is 11.8 Å². The minimum atomic E-state index is 0.897. The minimum absolute atomic E-state index is 0.897. The van der Waals surface area contributed by atoms with Gasteiger partial charge < -0.3 is 15.1 Å². The third kappa shape index (κ3) is 5.08. The second kappa shape index (κ2) is 8.41. The van der Waals surface area contributed by atoms with Gasteiger partial charge in [-0.1, -0.05) is 6.92 Å². The van der Waals surface area contributed by atoms with Crippen LogP contribution in [0.3, 0.4) is 0 Å². The van der Waals surface area contributed by atoms with E-state index >= 15 is 0 Å². The molecule has 2 heterocycles. The van der Waals surface area contributed by atoms with Gasteiger partial charge in [-0.25, -0.2) is 0 Å². The Morgan fingerprint density at radius 3 is 2.67 bits per heavy atom. The SMILES string of the molecule is CCCNCC1CCN(CCN2CCSCC2)C1. The Hall–Kier alpha value is 0.230. The lowest BCUT2D eigenvalue weighted by Crippen LogP contribution is -2.39. The first kappa shape index (κ1) is 14.6. The second-order valence-corrected chi connectivity index (χ2v) is 6.84. The first-order valence-electron chi connectivity index (χ1n) is 7.61. The van der Waals surface area contributed by atoms with Gasteiger partial charge in [0.15, 0.2) is 0 Å². The van der Waals surface area contributed by atoms with Gasteiger partial charge in [-0.15, -0.1) is 0 Å². The molecule has 0 saturated carbocycles. The summed E-state index contributed by atoms with van der Waals surface area (Å²) in [6.07, 6.45) is 2.65. The minimum Gasteiger partial charge on any atom is -0.316 e. The highest BCUT2D eigenvalue weighted by Crippen LogP contribution is 2.15. The Balaban J connectivity index is 1.54. The number of thioether (sulfide) groups is 1. The quantitative estimate of drug-likeness (QED) is 0.705. The van der Waals surface area contributed by atoms with Gasteiger partial charge in [-0.05, 0) is 38.4 Å².